The molecular weight excluding hydrogens is 780 g/mol. The minimum atomic E-state index is -0.973. The van der Waals surface area contributed by atoms with E-state index in [1.165, 1.54) is 22.5 Å². The normalized spacial score (nSPS) is 19.6. The number of pyridine rings is 1. The van der Waals surface area contributed by atoms with E-state index in [1.54, 1.807) is 36.8 Å². The number of fused-ring (bicyclic) bond motifs is 1. The van der Waals surface area contributed by atoms with Gasteiger partial charge in [-0.15, -0.1) is 0 Å². The predicted molar refractivity (Wildman–Crippen MR) is 224 cm³/mol. The van der Waals surface area contributed by atoms with Gasteiger partial charge in [0, 0.05) is 81.8 Å². The number of ether oxygens (including phenoxy) is 1. The third-order valence-electron chi connectivity index (χ3n) is 12.3. The lowest BCUT2D eigenvalue weighted by Gasteiger charge is -2.39. The van der Waals surface area contributed by atoms with Gasteiger partial charge in [0.2, 0.25) is 11.8 Å². The molecule has 4 aliphatic rings. The Balaban J connectivity index is 0.760. The fourth-order valence-electron chi connectivity index (χ4n) is 8.97. The maximum Gasteiger partial charge on any atom is 0.262 e. The molecule has 2 aromatic heterocycles. The van der Waals surface area contributed by atoms with Gasteiger partial charge < -0.3 is 20.3 Å². The number of rotatable bonds is 11. The van der Waals surface area contributed by atoms with E-state index in [0.717, 1.165) is 86.9 Å². The van der Waals surface area contributed by atoms with Crippen LogP contribution in [0.4, 0.5) is 15.9 Å². The van der Waals surface area contributed by atoms with Gasteiger partial charge in [0.15, 0.2) is 11.6 Å². The van der Waals surface area contributed by atoms with Crippen LogP contribution in [0.3, 0.4) is 0 Å². The molecule has 3 N–H and O–H groups in total. The molecule has 6 heterocycles. The second kappa shape index (κ2) is 16.9. The lowest BCUT2D eigenvalue weighted by molar-refractivity contribution is -0.136. The van der Waals surface area contributed by atoms with Crippen LogP contribution in [-0.2, 0) is 16.1 Å². The van der Waals surface area contributed by atoms with E-state index < -0.39 is 41.6 Å². The van der Waals surface area contributed by atoms with E-state index in [0.29, 0.717) is 34.0 Å². The van der Waals surface area contributed by atoms with Crippen molar-refractivity contribution in [1.29, 1.82) is 0 Å². The van der Waals surface area contributed by atoms with Crippen molar-refractivity contribution >= 4 is 35.1 Å². The molecular formula is C45H47FN10O5. The molecule has 0 spiro atoms. The van der Waals surface area contributed by atoms with E-state index in [-0.39, 0.29) is 18.7 Å². The summed E-state index contributed by atoms with van der Waals surface area (Å²) in [5, 5.41) is 10.7. The molecule has 4 aliphatic heterocycles. The summed E-state index contributed by atoms with van der Waals surface area (Å²) >= 11 is 0. The molecule has 9 rings (SSSR count). The highest BCUT2D eigenvalue weighted by Gasteiger charge is 2.45. The second-order valence-electron chi connectivity index (χ2n) is 16.3. The van der Waals surface area contributed by atoms with Gasteiger partial charge in [-0.3, -0.25) is 34.3 Å². The number of halogens is 1. The van der Waals surface area contributed by atoms with Gasteiger partial charge in [0.05, 0.1) is 29.2 Å². The van der Waals surface area contributed by atoms with Crippen LogP contribution in [0.25, 0.3) is 16.8 Å². The molecule has 0 aliphatic carbocycles. The Bertz CT molecular complexity index is 2480. The minimum Gasteiger partial charge on any atom is -0.482 e. The number of nitrogens with one attached hydrogen (secondary N) is 1. The van der Waals surface area contributed by atoms with E-state index in [1.807, 2.05) is 25.1 Å². The van der Waals surface area contributed by atoms with Gasteiger partial charge in [-0.2, -0.15) is 15.0 Å². The smallest absolute Gasteiger partial charge is 0.262 e. The first-order valence-electron chi connectivity index (χ1n) is 20.8. The molecule has 3 saturated heterocycles. The Morgan fingerprint density at radius 3 is 2.36 bits per heavy atom. The SMILES string of the molecule is C[C@@H](Oc1cc(-c2cccc(CN3CCN(CC4CCN(c5ccc6c(c5)C(=O)N(C5CCC(=O)NC5=O)C6=O)CC4)CC3)c2)cnc1N)c1cc(F)ccc1-n1nccn1. The molecule has 0 radical (unpaired) electrons. The van der Waals surface area contributed by atoms with Gasteiger partial charge in [-0.1, -0.05) is 18.2 Å². The summed E-state index contributed by atoms with van der Waals surface area (Å²) in [6, 6.07) is 19.1. The van der Waals surface area contributed by atoms with Gasteiger partial charge >= 0.3 is 0 Å². The van der Waals surface area contributed by atoms with Crippen molar-refractivity contribution in [2.45, 2.75) is 51.3 Å². The molecule has 61 heavy (non-hydrogen) atoms. The van der Waals surface area contributed by atoms with Gasteiger partial charge in [-0.05, 0) is 91.8 Å². The summed E-state index contributed by atoms with van der Waals surface area (Å²) in [6.07, 6.45) is 6.57. The van der Waals surface area contributed by atoms with Crippen LogP contribution in [0.15, 0.2) is 85.3 Å². The maximum atomic E-state index is 14.4. The number of amides is 4. The third-order valence-corrected chi connectivity index (χ3v) is 12.3. The van der Waals surface area contributed by atoms with Crippen LogP contribution in [-0.4, -0.2) is 110 Å². The van der Waals surface area contributed by atoms with Crippen molar-refractivity contribution in [3.63, 3.8) is 0 Å². The Kier molecular flexibility index (Phi) is 11.0. The Labute approximate surface area is 352 Å². The van der Waals surface area contributed by atoms with Crippen molar-refractivity contribution in [3.8, 4) is 22.6 Å². The van der Waals surface area contributed by atoms with Crippen molar-refractivity contribution in [2.24, 2.45) is 5.92 Å². The summed E-state index contributed by atoms with van der Waals surface area (Å²) in [6.45, 7) is 9.33. The van der Waals surface area contributed by atoms with Crippen LogP contribution in [0, 0.1) is 11.7 Å². The number of imide groups is 2. The van der Waals surface area contributed by atoms with Crippen LogP contribution in [0.5, 0.6) is 5.75 Å². The summed E-state index contributed by atoms with van der Waals surface area (Å²) < 4.78 is 20.7. The number of piperidine rings is 2. The molecule has 4 amide bonds. The van der Waals surface area contributed by atoms with Crippen LogP contribution in [0.2, 0.25) is 0 Å². The standard InChI is InChI=1S/C45H47FN10O5/c1-28(36-23-33(46)5-8-38(36)56-49-13-14-50-56)61-40-22-32(25-48-42(40)47)31-4-2-3-30(21-31)27-53-19-17-52(18-20-53)26-29-11-15-54(16-12-29)34-6-7-35-37(24-34)45(60)55(44(35)59)39-9-10-41(57)51-43(39)58/h2-8,13-14,21-25,28-29,39H,9-12,15-20,26-27H2,1H3,(H2,47,48)(H,51,57,58)/t28-,39?/m1/s1. The number of hydrogen-bond acceptors (Lipinski definition) is 12. The van der Waals surface area contributed by atoms with Crippen LogP contribution in [0.1, 0.15) is 70.6 Å². The summed E-state index contributed by atoms with van der Waals surface area (Å²) in [5.74, 6) is -1.15. The first-order valence-corrected chi connectivity index (χ1v) is 20.8. The molecule has 5 aromatic rings. The van der Waals surface area contributed by atoms with Crippen molar-refractivity contribution in [1.82, 2.24) is 40.0 Å². The molecule has 2 atom stereocenters. The predicted octanol–water partition coefficient (Wildman–Crippen LogP) is 4.63. The Morgan fingerprint density at radius 2 is 1.59 bits per heavy atom. The Morgan fingerprint density at radius 1 is 0.836 bits per heavy atom. The highest BCUT2D eigenvalue weighted by molar-refractivity contribution is 6.23. The number of aromatic nitrogens is 4. The number of nitrogens with zero attached hydrogens (tertiary/aromatic N) is 8. The molecule has 0 saturated carbocycles. The van der Waals surface area contributed by atoms with Crippen molar-refractivity contribution in [3.05, 3.63) is 113 Å². The lowest BCUT2D eigenvalue weighted by atomic mass is 9.95. The van der Waals surface area contributed by atoms with Gasteiger partial charge in [0.25, 0.3) is 11.8 Å². The van der Waals surface area contributed by atoms with E-state index >= 15 is 0 Å². The molecule has 3 aromatic carbocycles. The molecule has 0 bridgehead atoms. The van der Waals surface area contributed by atoms with Crippen LogP contribution >= 0.6 is 0 Å². The number of nitrogen functional groups attached to an aromatic ring is 1. The number of anilines is 2. The zero-order valence-corrected chi connectivity index (χ0v) is 33.9. The van der Waals surface area contributed by atoms with E-state index in [9.17, 15) is 23.6 Å². The number of piperazine rings is 1. The van der Waals surface area contributed by atoms with Crippen LogP contribution < -0.4 is 20.7 Å². The fraction of sp³-hybridized carbons (Fsp3) is 0.356. The van der Waals surface area contributed by atoms with E-state index in [4.69, 9.17) is 10.5 Å². The zero-order valence-electron chi connectivity index (χ0n) is 33.9. The highest BCUT2D eigenvalue weighted by atomic mass is 19.1. The highest BCUT2D eigenvalue weighted by Crippen LogP contribution is 2.35. The summed E-state index contributed by atoms with van der Waals surface area (Å²) in [5.41, 5.74) is 12.0. The van der Waals surface area contributed by atoms with E-state index in [2.05, 4.69) is 53.4 Å². The van der Waals surface area contributed by atoms with Gasteiger partial charge in [0.1, 0.15) is 18.0 Å². The van der Waals surface area contributed by atoms with Crippen molar-refractivity contribution < 1.29 is 28.3 Å². The molecule has 314 valence electrons. The first-order chi connectivity index (χ1) is 29.6. The number of benzene rings is 3. The lowest BCUT2D eigenvalue weighted by Crippen LogP contribution is -2.54. The average Bonchev–Trinajstić information content (AvgIpc) is 3.89. The molecule has 15 nitrogen and oxygen atoms in total. The fourth-order valence-corrected chi connectivity index (χ4v) is 8.97. The number of nitrogens with two attached hydrogens (primary N) is 1. The zero-order chi connectivity index (χ0) is 42.2. The number of carbonyl (C=O) groups is 4. The largest absolute Gasteiger partial charge is 0.482 e. The summed E-state index contributed by atoms with van der Waals surface area (Å²) in [4.78, 5) is 64.8. The quantitative estimate of drug-likeness (QED) is 0.177. The average molecular weight is 827 g/mol. The van der Waals surface area contributed by atoms with Crippen molar-refractivity contribution in [2.75, 3.05) is 56.4 Å². The first kappa shape index (κ1) is 39.9. The second-order valence-corrected chi connectivity index (χ2v) is 16.3. The minimum absolute atomic E-state index is 0.0918. The summed E-state index contributed by atoms with van der Waals surface area (Å²) in [7, 11) is 0. The van der Waals surface area contributed by atoms with Gasteiger partial charge in [-0.25, -0.2) is 9.37 Å². The Hall–Kier alpha value is -6.52. The molecule has 16 heteroatoms. The maximum absolute atomic E-state index is 14.4. The number of carbonyl (C=O) groups excluding carboxylic acids is 4. The molecule has 3 fully saturated rings. The third kappa shape index (κ3) is 8.32. The molecule has 1 unspecified atom stereocenters. The monoisotopic (exact) mass is 826 g/mol. The topological polar surface area (TPSA) is 172 Å². The number of hydrogen-bond donors (Lipinski definition) is 2.